The molecule has 30 heavy (non-hydrogen) atoms. The molecule has 0 radical (unpaired) electrons. The molecule has 7 heteroatoms. The number of amides is 2. The Morgan fingerprint density at radius 3 is 2.33 bits per heavy atom. The second kappa shape index (κ2) is 8.97. The molecular formula is C23H20ClFN2O3. The Labute approximate surface area is 178 Å². The number of methoxy groups -OCH3 is 1. The molecule has 0 aliphatic heterocycles. The summed E-state index contributed by atoms with van der Waals surface area (Å²) in [5, 5.41) is 5.59. The van der Waals surface area contributed by atoms with E-state index in [-0.39, 0.29) is 22.2 Å². The Hall–Kier alpha value is -3.38. The highest BCUT2D eigenvalue weighted by Crippen LogP contribution is 2.29. The van der Waals surface area contributed by atoms with Gasteiger partial charge in [0.05, 0.1) is 18.4 Å². The van der Waals surface area contributed by atoms with Crippen molar-refractivity contribution in [1.82, 2.24) is 0 Å². The molecule has 5 nitrogen and oxygen atoms in total. The van der Waals surface area contributed by atoms with E-state index in [2.05, 4.69) is 10.6 Å². The van der Waals surface area contributed by atoms with E-state index in [1.54, 1.807) is 30.3 Å². The average Bonchev–Trinajstić information content (AvgIpc) is 2.70. The number of carbonyl (C=O) groups excluding carboxylic acids is 2. The summed E-state index contributed by atoms with van der Waals surface area (Å²) < 4.78 is 19.3. The highest BCUT2D eigenvalue weighted by Gasteiger charge is 2.16. The SMILES string of the molecule is COc1ccc(NC(=O)c2ccc(C)c(C)c2)cc1NC(=O)c1ccc(Cl)cc1F. The number of aryl methyl sites for hydroxylation is 2. The third-order valence-electron chi connectivity index (χ3n) is 4.65. The minimum Gasteiger partial charge on any atom is -0.495 e. The molecule has 2 amide bonds. The van der Waals surface area contributed by atoms with Gasteiger partial charge >= 0.3 is 0 Å². The zero-order valence-electron chi connectivity index (χ0n) is 16.7. The van der Waals surface area contributed by atoms with Gasteiger partial charge in [-0.05, 0) is 73.5 Å². The van der Waals surface area contributed by atoms with Gasteiger partial charge < -0.3 is 15.4 Å². The zero-order valence-corrected chi connectivity index (χ0v) is 17.4. The van der Waals surface area contributed by atoms with E-state index in [0.29, 0.717) is 17.0 Å². The number of carbonyl (C=O) groups is 2. The summed E-state index contributed by atoms with van der Waals surface area (Å²) in [4.78, 5) is 25.1. The number of hydrogen-bond acceptors (Lipinski definition) is 3. The molecule has 3 rings (SSSR count). The Balaban J connectivity index is 1.83. The predicted molar refractivity (Wildman–Crippen MR) is 116 cm³/mol. The summed E-state index contributed by atoms with van der Waals surface area (Å²) >= 11 is 5.74. The smallest absolute Gasteiger partial charge is 0.258 e. The molecule has 0 bridgehead atoms. The van der Waals surface area contributed by atoms with Gasteiger partial charge in [-0.1, -0.05) is 17.7 Å². The number of nitrogens with one attached hydrogen (secondary N) is 2. The number of rotatable bonds is 5. The minimum atomic E-state index is -0.738. The van der Waals surface area contributed by atoms with E-state index in [1.807, 2.05) is 19.9 Å². The van der Waals surface area contributed by atoms with E-state index in [9.17, 15) is 14.0 Å². The maximum Gasteiger partial charge on any atom is 0.258 e. The van der Waals surface area contributed by atoms with Gasteiger partial charge in [-0.25, -0.2) is 4.39 Å². The third kappa shape index (κ3) is 4.78. The third-order valence-corrected chi connectivity index (χ3v) is 4.89. The zero-order chi connectivity index (χ0) is 21.8. The number of ether oxygens (including phenoxy) is 1. The fraction of sp³-hybridized carbons (Fsp3) is 0.130. The van der Waals surface area contributed by atoms with Crippen LogP contribution in [0, 0.1) is 19.7 Å². The Morgan fingerprint density at radius 2 is 1.67 bits per heavy atom. The largest absolute Gasteiger partial charge is 0.495 e. The molecule has 154 valence electrons. The Bertz CT molecular complexity index is 1130. The fourth-order valence-corrected chi connectivity index (χ4v) is 2.99. The number of hydrogen-bond donors (Lipinski definition) is 2. The molecule has 3 aromatic rings. The van der Waals surface area contributed by atoms with Gasteiger partial charge in [-0.2, -0.15) is 0 Å². The Morgan fingerprint density at radius 1 is 0.900 bits per heavy atom. The second-order valence-electron chi connectivity index (χ2n) is 6.75. The summed E-state index contributed by atoms with van der Waals surface area (Å²) in [5.74, 6) is -1.33. The maximum absolute atomic E-state index is 14.1. The molecule has 0 spiro atoms. The van der Waals surface area contributed by atoms with Crippen molar-refractivity contribution >= 4 is 34.8 Å². The molecule has 0 saturated heterocycles. The maximum atomic E-state index is 14.1. The van der Waals surface area contributed by atoms with E-state index in [4.69, 9.17) is 16.3 Å². The topological polar surface area (TPSA) is 67.4 Å². The van der Waals surface area contributed by atoms with Gasteiger partial charge in [-0.3, -0.25) is 9.59 Å². The molecule has 0 atom stereocenters. The van der Waals surface area contributed by atoms with Crippen molar-refractivity contribution < 1.29 is 18.7 Å². The van der Waals surface area contributed by atoms with Crippen LogP contribution in [0.3, 0.4) is 0 Å². The number of halogens is 2. The first-order valence-electron chi connectivity index (χ1n) is 9.11. The van der Waals surface area contributed by atoms with Crippen molar-refractivity contribution in [3.63, 3.8) is 0 Å². The summed E-state index contributed by atoms with van der Waals surface area (Å²) in [6.07, 6.45) is 0. The van der Waals surface area contributed by atoms with Gasteiger partial charge in [0.25, 0.3) is 11.8 Å². The summed E-state index contributed by atoms with van der Waals surface area (Å²) in [6, 6.07) is 14.0. The second-order valence-corrected chi connectivity index (χ2v) is 7.18. The minimum absolute atomic E-state index is 0.161. The number of benzene rings is 3. The van der Waals surface area contributed by atoms with Crippen molar-refractivity contribution in [2.24, 2.45) is 0 Å². The lowest BCUT2D eigenvalue weighted by atomic mass is 10.1. The van der Waals surface area contributed by atoms with Crippen LogP contribution in [-0.2, 0) is 0 Å². The predicted octanol–water partition coefficient (Wildman–Crippen LogP) is 5.61. The normalized spacial score (nSPS) is 10.4. The molecule has 0 aromatic heterocycles. The van der Waals surface area contributed by atoms with Crippen LogP contribution in [-0.4, -0.2) is 18.9 Å². The van der Waals surface area contributed by atoms with Gasteiger partial charge in [0, 0.05) is 16.3 Å². The highest BCUT2D eigenvalue weighted by atomic mass is 35.5. The molecule has 0 aliphatic rings. The van der Waals surface area contributed by atoms with Crippen molar-refractivity contribution in [2.45, 2.75) is 13.8 Å². The van der Waals surface area contributed by atoms with Crippen LogP contribution in [0.1, 0.15) is 31.8 Å². The lowest BCUT2D eigenvalue weighted by Gasteiger charge is -2.13. The van der Waals surface area contributed by atoms with Gasteiger partial charge in [0.1, 0.15) is 11.6 Å². The van der Waals surface area contributed by atoms with E-state index < -0.39 is 11.7 Å². The van der Waals surface area contributed by atoms with E-state index in [0.717, 1.165) is 17.2 Å². The van der Waals surface area contributed by atoms with Gasteiger partial charge in [-0.15, -0.1) is 0 Å². The lowest BCUT2D eigenvalue weighted by Crippen LogP contribution is -2.16. The van der Waals surface area contributed by atoms with Crippen LogP contribution in [0.15, 0.2) is 54.6 Å². The first-order valence-corrected chi connectivity index (χ1v) is 9.49. The first kappa shape index (κ1) is 21.3. The van der Waals surface area contributed by atoms with Crippen LogP contribution in [0.25, 0.3) is 0 Å². The molecule has 0 saturated carbocycles. The summed E-state index contributed by atoms with van der Waals surface area (Å²) in [6.45, 7) is 3.90. The molecule has 0 heterocycles. The molecule has 2 N–H and O–H groups in total. The molecule has 0 fully saturated rings. The van der Waals surface area contributed by atoms with Crippen LogP contribution in [0.5, 0.6) is 5.75 Å². The van der Waals surface area contributed by atoms with E-state index in [1.165, 1.54) is 19.2 Å². The van der Waals surface area contributed by atoms with Crippen LogP contribution in [0.2, 0.25) is 5.02 Å². The molecule has 0 aliphatic carbocycles. The van der Waals surface area contributed by atoms with Crippen molar-refractivity contribution in [3.8, 4) is 5.75 Å². The monoisotopic (exact) mass is 426 g/mol. The number of anilines is 2. The van der Waals surface area contributed by atoms with Crippen LogP contribution >= 0.6 is 11.6 Å². The quantitative estimate of drug-likeness (QED) is 0.557. The average molecular weight is 427 g/mol. The van der Waals surface area contributed by atoms with Crippen LogP contribution < -0.4 is 15.4 Å². The highest BCUT2D eigenvalue weighted by molar-refractivity contribution is 6.30. The summed E-state index contributed by atoms with van der Waals surface area (Å²) in [5.41, 5.74) is 3.19. The van der Waals surface area contributed by atoms with Crippen LogP contribution in [0.4, 0.5) is 15.8 Å². The van der Waals surface area contributed by atoms with Gasteiger partial charge in [0.15, 0.2) is 0 Å². The van der Waals surface area contributed by atoms with Crippen molar-refractivity contribution in [3.05, 3.63) is 87.7 Å². The summed E-state index contributed by atoms with van der Waals surface area (Å²) in [7, 11) is 1.45. The van der Waals surface area contributed by atoms with Gasteiger partial charge in [0.2, 0.25) is 0 Å². The Kier molecular flexibility index (Phi) is 6.37. The standard InChI is InChI=1S/C23H20ClFN2O3/c1-13-4-5-15(10-14(13)2)22(28)26-17-7-9-21(30-3)20(12-17)27-23(29)18-8-6-16(24)11-19(18)25/h4-12H,1-3H3,(H,26,28)(H,27,29). The van der Waals surface area contributed by atoms with E-state index >= 15 is 0 Å². The lowest BCUT2D eigenvalue weighted by molar-refractivity contribution is 0.101. The van der Waals surface area contributed by atoms with Crippen molar-refractivity contribution in [2.75, 3.05) is 17.7 Å². The van der Waals surface area contributed by atoms with Crippen molar-refractivity contribution in [1.29, 1.82) is 0 Å². The molecule has 0 unspecified atom stereocenters. The molecule has 3 aromatic carbocycles. The fourth-order valence-electron chi connectivity index (χ4n) is 2.83. The molecular weight excluding hydrogens is 407 g/mol. The first-order chi connectivity index (χ1) is 14.3.